The minimum absolute atomic E-state index is 0.100. The summed E-state index contributed by atoms with van der Waals surface area (Å²) >= 11 is 0. The Morgan fingerprint density at radius 2 is 2.24 bits per heavy atom. The second kappa shape index (κ2) is 6.47. The zero-order valence-electron chi connectivity index (χ0n) is 9.51. The van der Waals surface area contributed by atoms with Crippen LogP contribution in [0.25, 0.3) is 0 Å². The number of aliphatic carboxylic acids is 1. The Labute approximate surface area is 99.1 Å². The van der Waals surface area contributed by atoms with Crippen molar-refractivity contribution in [3.05, 3.63) is 30.1 Å². The third kappa shape index (κ3) is 5.50. The van der Waals surface area contributed by atoms with E-state index < -0.39 is 18.0 Å². The lowest BCUT2D eigenvalue weighted by atomic mass is 10.2. The van der Waals surface area contributed by atoms with Crippen molar-refractivity contribution in [2.24, 2.45) is 0 Å². The Morgan fingerprint density at radius 1 is 1.47 bits per heavy atom. The third-order valence-corrected chi connectivity index (χ3v) is 2.01. The fourth-order valence-corrected chi connectivity index (χ4v) is 1.26. The average molecular weight is 237 g/mol. The van der Waals surface area contributed by atoms with Crippen LogP contribution < -0.4 is 10.6 Å². The highest BCUT2D eigenvalue weighted by atomic mass is 16.4. The lowest BCUT2D eigenvalue weighted by molar-refractivity contribution is -0.137. The maximum atomic E-state index is 11.4. The van der Waals surface area contributed by atoms with Crippen molar-refractivity contribution in [2.45, 2.75) is 25.9 Å². The summed E-state index contributed by atoms with van der Waals surface area (Å²) < 4.78 is 0. The van der Waals surface area contributed by atoms with E-state index in [9.17, 15) is 9.59 Å². The SMILES string of the molecule is CC(CC(=O)O)NC(=O)NCc1ccccn1. The highest BCUT2D eigenvalue weighted by molar-refractivity contribution is 5.75. The molecule has 0 aliphatic rings. The fourth-order valence-electron chi connectivity index (χ4n) is 1.26. The number of pyridine rings is 1. The standard InChI is InChI=1S/C11H15N3O3/c1-8(6-10(15)16)14-11(17)13-7-9-4-2-3-5-12-9/h2-5,8H,6-7H2,1H3,(H,15,16)(H2,13,14,17). The molecule has 1 unspecified atom stereocenters. The summed E-state index contributed by atoms with van der Waals surface area (Å²) in [5, 5.41) is 13.6. The third-order valence-electron chi connectivity index (χ3n) is 2.01. The van der Waals surface area contributed by atoms with Gasteiger partial charge in [0.1, 0.15) is 0 Å². The van der Waals surface area contributed by atoms with Crippen LogP contribution in [-0.2, 0) is 11.3 Å². The summed E-state index contributed by atoms with van der Waals surface area (Å²) in [6.45, 7) is 1.95. The Hall–Kier alpha value is -2.11. The van der Waals surface area contributed by atoms with Gasteiger partial charge in [-0.3, -0.25) is 9.78 Å². The van der Waals surface area contributed by atoms with Crippen LogP contribution in [0.15, 0.2) is 24.4 Å². The van der Waals surface area contributed by atoms with Crippen molar-refractivity contribution in [3.8, 4) is 0 Å². The molecule has 1 atom stereocenters. The van der Waals surface area contributed by atoms with Gasteiger partial charge in [-0.05, 0) is 19.1 Å². The van der Waals surface area contributed by atoms with Crippen molar-refractivity contribution < 1.29 is 14.7 Å². The van der Waals surface area contributed by atoms with E-state index in [1.54, 1.807) is 25.3 Å². The molecule has 0 aliphatic heterocycles. The Kier molecular flexibility index (Phi) is 4.93. The molecule has 2 amide bonds. The smallest absolute Gasteiger partial charge is 0.315 e. The molecule has 3 N–H and O–H groups in total. The molecule has 0 radical (unpaired) electrons. The number of nitrogens with zero attached hydrogens (tertiary/aromatic N) is 1. The van der Waals surface area contributed by atoms with E-state index in [1.807, 2.05) is 6.07 Å². The average Bonchev–Trinajstić information content (AvgIpc) is 2.26. The zero-order valence-corrected chi connectivity index (χ0v) is 9.51. The maximum absolute atomic E-state index is 11.4. The monoisotopic (exact) mass is 237 g/mol. The van der Waals surface area contributed by atoms with E-state index in [2.05, 4.69) is 15.6 Å². The van der Waals surface area contributed by atoms with Crippen molar-refractivity contribution >= 4 is 12.0 Å². The van der Waals surface area contributed by atoms with Crippen LogP contribution in [0.4, 0.5) is 4.79 Å². The maximum Gasteiger partial charge on any atom is 0.315 e. The number of carboxylic acids is 1. The second-order valence-electron chi connectivity index (χ2n) is 3.65. The molecule has 1 heterocycles. The minimum Gasteiger partial charge on any atom is -0.481 e. The Balaban J connectivity index is 2.28. The van der Waals surface area contributed by atoms with E-state index in [0.29, 0.717) is 6.54 Å². The van der Waals surface area contributed by atoms with E-state index in [1.165, 1.54) is 0 Å². The predicted molar refractivity (Wildman–Crippen MR) is 61.3 cm³/mol. The van der Waals surface area contributed by atoms with Crippen molar-refractivity contribution in [1.29, 1.82) is 0 Å². The first-order chi connectivity index (χ1) is 8.08. The second-order valence-corrected chi connectivity index (χ2v) is 3.65. The van der Waals surface area contributed by atoms with Crippen molar-refractivity contribution in [2.75, 3.05) is 0 Å². The molecule has 0 fully saturated rings. The van der Waals surface area contributed by atoms with Gasteiger partial charge in [-0.2, -0.15) is 0 Å². The topological polar surface area (TPSA) is 91.3 Å². The Bertz CT molecular complexity index is 381. The van der Waals surface area contributed by atoms with Gasteiger partial charge in [0.15, 0.2) is 0 Å². The van der Waals surface area contributed by atoms with Gasteiger partial charge in [-0.25, -0.2) is 4.79 Å². The lowest BCUT2D eigenvalue weighted by Crippen LogP contribution is -2.41. The molecule has 1 aromatic rings. The Morgan fingerprint density at radius 3 is 2.82 bits per heavy atom. The summed E-state index contributed by atoms with van der Waals surface area (Å²) in [6, 6.07) is 4.61. The van der Waals surface area contributed by atoms with E-state index >= 15 is 0 Å². The summed E-state index contributed by atoms with van der Waals surface area (Å²) in [5.74, 6) is -0.942. The number of urea groups is 1. The number of aromatic nitrogens is 1. The van der Waals surface area contributed by atoms with Crippen LogP contribution in [0.5, 0.6) is 0 Å². The number of hydrogen-bond acceptors (Lipinski definition) is 3. The van der Waals surface area contributed by atoms with Gasteiger partial charge in [0.2, 0.25) is 0 Å². The van der Waals surface area contributed by atoms with Crippen LogP contribution in [0.3, 0.4) is 0 Å². The molecular formula is C11H15N3O3. The normalized spacial score (nSPS) is 11.6. The van der Waals surface area contributed by atoms with Crippen LogP contribution in [-0.4, -0.2) is 28.1 Å². The van der Waals surface area contributed by atoms with Crippen molar-refractivity contribution in [1.82, 2.24) is 15.6 Å². The first-order valence-corrected chi connectivity index (χ1v) is 5.24. The quantitative estimate of drug-likeness (QED) is 0.704. The highest BCUT2D eigenvalue weighted by Crippen LogP contribution is 1.93. The molecular weight excluding hydrogens is 222 g/mol. The van der Waals surface area contributed by atoms with E-state index in [0.717, 1.165) is 5.69 Å². The van der Waals surface area contributed by atoms with Gasteiger partial charge in [0.05, 0.1) is 18.7 Å². The van der Waals surface area contributed by atoms with E-state index in [-0.39, 0.29) is 6.42 Å². The molecule has 6 heteroatoms. The van der Waals surface area contributed by atoms with Gasteiger partial charge < -0.3 is 15.7 Å². The van der Waals surface area contributed by atoms with Gasteiger partial charge in [0.25, 0.3) is 0 Å². The van der Waals surface area contributed by atoms with Gasteiger partial charge in [-0.1, -0.05) is 6.07 Å². The largest absolute Gasteiger partial charge is 0.481 e. The first kappa shape index (κ1) is 13.0. The van der Waals surface area contributed by atoms with Crippen LogP contribution >= 0.6 is 0 Å². The van der Waals surface area contributed by atoms with Gasteiger partial charge in [0, 0.05) is 12.2 Å². The molecule has 0 aliphatic carbocycles. The number of amides is 2. The molecule has 0 spiro atoms. The number of carbonyl (C=O) groups excluding carboxylic acids is 1. The molecule has 0 aromatic carbocycles. The molecule has 17 heavy (non-hydrogen) atoms. The number of carbonyl (C=O) groups is 2. The molecule has 0 saturated heterocycles. The number of carboxylic acid groups (broad SMARTS) is 1. The summed E-state index contributed by atoms with van der Waals surface area (Å²) in [6.07, 6.45) is 1.54. The number of rotatable bonds is 5. The summed E-state index contributed by atoms with van der Waals surface area (Å²) in [4.78, 5) is 25.8. The summed E-state index contributed by atoms with van der Waals surface area (Å²) in [5.41, 5.74) is 0.744. The van der Waals surface area contributed by atoms with E-state index in [4.69, 9.17) is 5.11 Å². The molecule has 1 rings (SSSR count). The molecule has 0 bridgehead atoms. The highest BCUT2D eigenvalue weighted by Gasteiger charge is 2.10. The molecule has 6 nitrogen and oxygen atoms in total. The number of hydrogen-bond donors (Lipinski definition) is 3. The molecule has 1 aromatic heterocycles. The predicted octanol–water partition coefficient (Wildman–Crippen LogP) is 0.744. The lowest BCUT2D eigenvalue weighted by Gasteiger charge is -2.12. The molecule has 0 saturated carbocycles. The number of nitrogens with one attached hydrogen (secondary N) is 2. The summed E-state index contributed by atoms with van der Waals surface area (Å²) in [7, 11) is 0. The van der Waals surface area contributed by atoms with Crippen LogP contribution in [0, 0.1) is 0 Å². The molecule has 92 valence electrons. The van der Waals surface area contributed by atoms with Crippen LogP contribution in [0.2, 0.25) is 0 Å². The van der Waals surface area contributed by atoms with Crippen LogP contribution in [0.1, 0.15) is 19.0 Å². The first-order valence-electron chi connectivity index (χ1n) is 5.24. The minimum atomic E-state index is -0.942. The zero-order chi connectivity index (χ0) is 12.7. The fraction of sp³-hybridized carbons (Fsp3) is 0.364. The van der Waals surface area contributed by atoms with Gasteiger partial charge >= 0.3 is 12.0 Å². The van der Waals surface area contributed by atoms with Crippen molar-refractivity contribution in [3.63, 3.8) is 0 Å². The van der Waals surface area contributed by atoms with Gasteiger partial charge in [-0.15, -0.1) is 0 Å².